The Bertz CT molecular complexity index is 883. The maximum absolute atomic E-state index is 13.1. The van der Waals surface area contributed by atoms with Crippen LogP contribution in [0.2, 0.25) is 0 Å². The minimum Gasteiger partial charge on any atom is -0.336 e. The lowest BCUT2D eigenvalue weighted by molar-refractivity contribution is -0.127. The first-order chi connectivity index (χ1) is 12.9. The van der Waals surface area contributed by atoms with Gasteiger partial charge < -0.3 is 9.80 Å². The normalized spacial score (nSPS) is 14.3. The maximum Gasteiger partial charge on any atom is 0.254 e. The third kappa shape index (κ3) is 4.42. The van der Waals surface area contributed by atoms with Gasteiger partial charge >= 0.3 is 0 Å². The van der Waals surface area contributed by atoms with E-state index < -0.39 is 0 Å². The van der Waals surface area contributed by atoms with Crippen LogP contribution in [0.3, 0.4) is 0 Å². The second-order valence-corrected chi connectivity index (χ2v) is 9.13. The van der Waals surface area contributed by atoms with Crippen molar-refractivity contribution in [2.24, 2.45) is 0 Å². The molecular formula is C20H23N3O2S2. The number of amides is 2. The molecule has 1 aromatic carbocycles. The summed E-state index contributed by atoms with van der Waals surface area (Å²) in [6.07, 6.45) is 3.20. The van der Waals surface area contributed by atoms with E-state index in [2.05, 4.69) is 24.6 Å². The number of aryl methyl sites for hydroxylation is 3. The van der Waals surface area contributed by atoms with E-state index in [1.165, 1.54) is 6.08 Å². The highest BCUT2D eigenvalue weighted by Gasteiger charge is 2.25. The number of benzene rings is 1. The zero-order chi connectivity index (χ0) is 19.6. The molecule has 1 aliphatic rings. The third-order valence-electron chi connectivity index (χ3n) is 4.62. The quantitative estimate of drug-likeness (QED) is 0.733. The average molecular weight is 402 g/mol. The van der Waals surface area contributed by atoms with Gasteiger partial charge in [0.2, 0.25) is 5.91 Å². The van der Waals surface area contributed by atoms with Crippen LogP contribution in [0.5, 0.6) is 0 Å². The number of aromatic nitrogens is 1. The zero-order valence-corrected chi connectivity index (χ0v) is 17.5. The number of rotatable bonds is 4. The van der Waals surface area contributed by atoms with Crippen molar-refractivity contribution in [3.63, 3.8) is 0 Å². The fourth-order valence-electron chi connectivity index (χ4n) is 3.10. The molecule has 0 aliphatic carbocycles. The summed E-state index contributed by atoms with van der Waals surface area (Å²) in [6.45, 7) is 11.7. The van der Waals surface area contributed by atoms with E-state index in [4.69, 9.17) is 0 Å². The summed E-state index contributed by atoms with van der Waals surface area (Å²) in [5.41, 5.74) is 2.86. The Hall–Kier alpha value is -2.12. The van der Waals surface area contributed by atoms with Crippen molar-refractivity contribution in [2.45, 2.75) is 29.9 Å². The standard InChI is InChI=1S/C20H23N3O2S2/c1-5-18(24)22-6-8-23(9-7-22)20(25)16-11-17(14(3)10-13(16)2)27-19-12-21-15(4)26-19/h5,10-12H,1,6-9H2,2-4H3. The van der Waals surface area contributed by atoms with Crippen molar-refractivity contribution in [2.75, 3.05) is 26.2 Å². The van der Waals surface area contributed by atoms with Crippen molar-refractivity contribution in [3.8, 4) is 0 Å². The van der Waals surface area contributed by atoms with Crippen LogP contribution in [-0.4, -0.2) is 52.8 Å². The Kier molecular flexibility index (Phi) is 6.01. The van der Waals surface area contributed by atoms with Crippen LogP contribution in [0.25, 0.3) is 0 Å². The lowest BCUT2D eigenvalue weighted by atomic mass is 10.0. The van der Waals surface area contributed by atoms with Crippen LogP contribution in [0.15, 0.2) is 40.1 Å². The Morgan fingerprint density at radius 3 is 2.37 bits per heavy atom. The zero-order valence-electron chi connectivity index (χ0n) is 15.8. The lowest BCUT2D eigenvalue weighted by Gasteiger charge is -2.34. The Morgan fingerprint density at radius 1 is 1.11 bits per heavy atom. The minimum atomic E-state index is -0.0767. The molecule has 1 saturated heterocycles. The predicted molar refractivity (Wildman–Crippen MR) is 110 cm³/mol. The van der Waals surface area contributed by atoms with Gasteiger partial charge in [-0.2, -0.15) is 0 Å². The summed E-state index contributed by atoms with van der Waals surface area (Å²) in [6, 6.07) is 4.06. The molecule has 0 atom stereocenters. The predicted octanol–water partition coefficient (Wildman–Crippen LogP) is 3.69. The highest BCUT2D eigenvalue weighted by molar-refractivity contribution is 8.01. The lowest BCUT2D eigenvalue weighted by Crippen LogP contribution is -2.50. The van der Waals surface area contributed by atoms with Gasteiger partial charge in [-0.25, -0.2) is 4.98 Å². The molecule has 1 aromatic heterocycles. The first-order valence-electron chi connectivity index (χ1n) is 8.81. The van der Waals surface area contributed by atoms with Gasteiger partial charge in [0.15, 0.2) is 0 Å². The number of hydrogen-bond donors (Lipinski definition) is 0. The van der Waals surface area contributed by atoms with Crippen molar-refractivity contribution in [1.29, 1.82) is 0 Å². The smallest absolute Gasteiger partial charge is 0.254 e. The molecule has 2 aromatic rings. The molecule has 1 fully saturated rings. The van der Waals surface area contributed by atoms with Crippen LogP contribution < -0.4 is 0 Å². The van der Waals surface area contributed by atoms with E-state index in [1.54, 1.807) is 28.0 Å². The van der Waals surface area contributed by atoms with Gasteiger partial charge in [-0.05, 0) is 44.0 Å². The second-order valence-electron chi connectivity index (χ2n) is 6.55. The van der Waals surface area contributed by atoms with E-state index in [0.29, 0.717) is 26.2 Å². The van der Waals surface area contributed by atoms with Gasteiger partial charge in [-0.15, -0.1) is 11.3 Å². The molecule has 2 amide bonds. The highest BCUT2D eigenvalue weighted by atomic mass is 32.2. The molecule has 3 rings (SSSR count). The molecule has 0 spiro atoms. The second kappa shape index (κ2) is 8.27. The molecule has 5 nitrogen and oxygen atoms in total. The number of thiazole rings is 1. The SMILES string of the molecule is C=CC(=O)N1CCN(C(=O)c2cc(Sc3cnc(C)s3)c(C)cc2C)CC1. The third-order valence-corrected chi connectivity index (χ3v) is 6.79. The number of hydrogen-bond acceptors (Lipinski definition) is 5. The van der Waals surface area contributed by atoms with Gasteiger partial charge in [0.05, 0.1) is 15.4 Å². The number of carbonyl (C=O) groups is 2. The molecule has 0 radical (unpaired) electrons. The highest BCUT2D eigenvalue weighted by Crippen LogP contribution is 2.35. The van der Waals surface area contributed by atoms with Crippen LogP contribution in [0.1, 0.15) is 26.5 Å². The van der Waals surface area contributed by atoms with Crippen LogP contribution in [0.4, 0.5) is 0 Å². The van der Waals surface area contributed by atoms with E-state index in [9.17, 15) is 9.59 Å². The van der Waals surface area contributed by atoms with Crippen molar-refractivity contribution in [3.05, 3.63) is 52.7 Å². The van der Waals surface area contributed by atoms with Gasteiger partial charge in [0.1, 0.15) is 0 Å². The largest absolute Gasteiger partial charge is 0.336 e. The van der Waals surface area contributed by atoms with Crippen LogP contribution >= 0.6 is 23.1 Å². The monoisotopic (exact) mass is 401 g/mol. The summed E-state index contributed by atoms with van der Waals surface area (Å²) >= 11 is 3.30. The Balaban J connectivity index is 1.77. The van der Waals surface area contributed by atoms with Gasteiger partial charge in [0.25, 0.3) is 5.91 Å². The first-order valence-corrected chi connectivity index (χ1v) is 10.4. The fourth-order valence-corrected chi connectivity index (χ4v) is 5.12. The van der Waals surface area contributed by atoms with Gasteiger partial charge in [-0.3, -0.25) is 9.59 Å². The molecule has 0 bridgehead atoms. The van der Waals surface area contributed by atoms with Crippen molar-refractivity contribution >= 4 is 34.9 Å². The number of carbonyl (C=O) groups excluding carboxylic acids is 2. The topological polar surface area (TPSA) is 53.5 Å². The first kappa shape index (κ1) is 19.6. The van der Waals surface area contributed by atoms with Crippen molar-refractivity contribution in [1.82, 2.24) is 14.8 Å². The van der Waals surface area contributed by atoms with Crippen LogP contribution in [-0.2, 0) is 4.79 Å². The maximum atomic E-state index is 13.1. The van der Waals surface area contributed by atoms with E-state index in [-0.39, 0.29) is 11.8 Å². The minimum absolute atomic E-state index is 0.0283. The summed E-state index contributed by atoms with van der Waals surface area (Å²) in [5, 5.41) is 1.03. The number of piperazine rings is 1. The van der Waals surface area contributed by atoms with E-state index >= 15 is 0 Å². The van der Waals surface area contributed by atoms with Crippen LogP contribution in [0, 0.1) is 20.8 Å². The summed E-state index contributed by atoms with van der Waals surface area (Å²) in [4.78, 5) is 33.7. The molecule has 1 aliphatic heterocycles. The molecule has 0 N–H and O–H groups in total. The fraction of sp³-hybridized carbons (Fsp3) is 0.350. The summed E-state index contributed by atoms with van der Waals surface area (Å²) < 4.78 is 1.12. The molecule has 0 saturated carbocycles. The number of nitrogens with zero attached hydrogens (tertiary/aromatic N) is 3. The molecule has 142 valence electrons. The summed E-state index contributed by atoms with van der Waals surface area (Å²) in [5.74, 6) is -0.0484. The van der Waals surface area contributed by atoms with Gasteiger partial charge in [0, 0.05) is 36.6 Å². The van der Waals surface area contributed by atoms with Crippen molar-refractivity contribution < 1.29 is 9.59 Å². The van der Waals surface area contributed by atoms with E-state index in [0.717, 1.165) is 30.8 Å². The molecule has 7 heteroatoms. The molecule has 2 heterocycles. The average Bonchev–Trinajstić information content (AvgIpc) is 3.07. The Labute approximate surface area is 168 Å². The van der Waals surface area contributed by atoms with E-state index in [1.807, 2.05) is 31.0 Å². The molecule has 0 unspecified atom stereocenters. The molecule has 27 heavy (non-hydrogen) atoms. The molecular weight excluding hydrogens is 378 g/mol. The summed E-state index contributed by atoms with van der Waals surface area (Å²) in [7, 11) is 0. The Morgan fingerprint density at radius 2 is 1.78 bits per heavy atom. The van der Waals surface area contributed by atoms with Gasteiger partial charge in [-0.1, -0.05) is 24.4 Å².